The van der Waals surface area contributed by atoms with Crippen molar-refractivity contribution < 1.29 is 18.0 Å². The van der Waals surface area contributed by atoms with Crippen LogP contribution in [0.25, 0.3) is 0 Å². The zero-order valence-electron chi connectivity index (χ0n) is 8.41. The first-order valence-electron chi connectivity index (χ1n) is 4.29. The largest absolute Gasteiger partial charge is 0.416 e. The molecule has 0 aliphatic heterocycles. The maximum atomic E-state index is 12.5. The normalized spacial score (nSPS) is 12.8. The maximum Gasteiger partial charge on any atom is 0.416 e. The van der Waals surface area contributed by atoms with Gasteiger partial charge in [-0.15, -0.1) is 12.4 Å². The van der Waals surface area contributed by atoms with E-state index >= 15 is 0 Å². The lowest BCUT2D eigenvalue weighted by Crippen LogP contribution is -2.21. The Hall–Kier alpha value is -1.23. The quantitative estimate of drug-likeness (QED) is 0.865. The first-order valence-corrected chi connectivity index (χ1v) is 4.29. The van der Waals surface area contributed by atoms with Gasteiger partial charge in [0.1, 0.15) is 0 Å². The Labute approximate surface area is 97.0 Å². The van der Waals surface area contributed by atoms with Crippen LogP contribution in [0.4, 0.5) is 13.2 Å². The molecule has 1 rings (SSSR count). The fourth-order valence-corrected chi connectivity index (χ4v) is 1.29. The first kappa shape index (κ1) is 14.8. The number of hydrogen-bond acceptors (Lipinski definition) is 1. The zero-order chi connectivity index (χ0) is 11.6. The van der Waals surface area contributed by atoms with Gasteiger partial charge in [-0.25, -0.2) is 0 Å². The number of carbonyl (C=O) groups is 1. The predicted molar refractivity (Wildman–Crippen MR) is 56.3 cm³/mol. The number of rotatable bonds is 2. The van der Waals surface area contributed by atoms with Crippen molar-refractivity contribution in [2.45, 2.75) is 19.0 Å². The predicted octanol–water partition coefficient (Wildman–Crippen LogP) is 2.72. The average molecular weight is 254 g/mol. The lowest BCUT2D eigenvalue weighted by molar-refractivity contribution is -0.138. The second kappa shape index (κ2) is 5.21. The van der Waals surface area contributed by atoms with Gasteiger partial charge in [-0.1, -0.05) is 18.2 Å². The number of primary amides is 1. The fraction of sp³-hybridized carbons (Fsp3) is 0.300. The van der Waals surface area contributed by atoms with Crippen molar-refractivity contribution in [3.05, 3.63) is 35.4 Å². The van der Waals surface area contributed by atoms with Gasteiger partial charge in [0.2, 0.25) is 5.91 Å². The van der Waals surface area contributed by atoms with Crippen LogP contribution in [0.15, 0.2) is 24.3 Å². The smallest absolute Gasteiger partial charge is 0.369 e. The van der Waals surface area contributed by atoms with Crippen LogP contribution in [0.3, 0.4) is 0 Å². The summed E-state index contributed by atoms with van der Waals surface area (Å²) in [6, 6.07) is 4.93. The Kier molecular flexibility index (Phi) is 4.81. The highest BCUT2D eigenvalue weighted by Crippen LogP contribution is 2.34. The molecule has 0 saturated heterocycles. The maximum absolute atomic E-state index is 12.5. The number of halogens is 4. The first-order chi connectivity index (χ1) is 6.84. The third-order valence-electron chi connectivity index (χ3n) is 2.16. The molecule has 1 unspecified atom stereocenters. The molecule has 0 aliphatic carbocycles. The average Bonchev–Trinajstić information content (AvgIpc) is 2.15. The molecule has 1 atom stereocenters. The number of carbonyl (C=O) groups excluding carboxylic acids is 1. The lowest BCUT2D eigenvalue weighted by Gasteiger charge is -2.15. The third-order valence-corrected chi connectivity index (χ3v) is 2.16. The fourth-order valence-electron chi connectivity index (χ4n) is 1.29. The molecule has 0 heterocycles. The van der Waals surface area contributed by atoms with Gasteiger partial charge in [-0.05, 0) is 18.6 Å². The van der Waals surface area contributed by atoms with Crippen LogP contribution in [0.5, 0.6) is 0 Å². The summed E-state index contributed by atoms with van der Waals surface area (Å²) >= 11 is 0. The number of alkyl halides is 3. The van der Waals surface area contributed by atoms with Crippen LogP contribution in [-0.4, -0.2) is 5.91 Å². The number of benzene rings is 1. The molecule has 2 N–H and O–H groups in total. The molecule has 0 aromatic heterocycles. The molecule has 2 nitrogen and oxygen atoms in total. The molecule has 16 heavy (non-hydrogen) atoms. The topological polar surface area (TPSA) is 43.1 Å². The van der Waals surface area contributed by atoms with Gasteiger partial charge in [-0.3, -0.25) is 4.79 Å². The van der Waals surface area contributed by atoms with Crippen LogP contribution in [-0.2, 0) is 11.0 Å². The van der Waals surface area contributed by atoms with E-state index in [1.54, 1.807) is 0 Å². The second-order valence-electron chi connectivity index (χ2n) is 3.21. The molecule has 0 fully saturated rings. The molecule has 1 amide bonds. The highest BCUT2D eigenvalue weighted by Gasteiger charge is 2.34. The van der Waals surface area contributed by atoms with Crippen LogP contribution in [0.1, 0.15) is 24.0 Å². The van der Waals surface area contributed by atoms with Gasteiger partial charge in [0.05, 0.1) is 11.5 Å². The molecule has 0 spiro atoms. The van der Waals surface area contributed by atoms with Crippen molar-refractivity contribution >= 4 is 18.3 Å². The molecular formula is C10H11ClF3NO. The van der Waals surface area contributed by atoms with Crippen molar-refractivity contribution in [1.82, 2.24) is 0 Å². The minimum absolute atomic E-state index is 0. The van der Waals surface area contributed by atoms with Gasteiger partial charge < -0.3 is 5.73 Å². The Morgan fingerprint density at radius 1 is 1.31 bits per heavy atom. The van der Waals surface area contributed by atoms with Crippen LogP contribution in [0, 0.1) is 0 Å². The van der Waals surface area contributed by atoms with Crippen molar-refractivity contribution in [3.8, 4) is 0 Å². The summed E-state index contributed by atoms with van der Waals surface area (Å²) in [5.74, 6) is -1.71. The number of hydrogen-bond donors (Lipinski definition) is 1. The number of nitrogens with two attached hydrogens (primary N) is 1. The third kappa shape index (κ3) is 3.13. The monoisotopic (exact) mass is 253 g/mol. The van der Waals surface area contributed by atoms with Gasteiger partial charge in [-0.2, -0.15) is 13.2 Å². The molecule has 90 valence electrons. The van der Waals surface area contributed by atoms with E-state index in [9.17, 15) is 18.0 Å². The van der Waals surface area contributed by atoms with E-state index in [1.165, 1.54) is 25.1 Å². The van der Waals surface area contributed by atoms with Crippen molar-refractivity contribution in [2.75, 3.05) is 0 Å². The van der Waals surface area contributed by atoms with E-state index in [-0.39, 0.29) is 18.0 Å². The summed E-state index contributed by atoms with van der Waals surface area (Å²) < 4.78 is 37.6. The Bertz CT molecular complexity index is 379. The molecule has 0 radical (unpaired) electrons. The molecular weight excluding hydrogens is 243 g/mol. The molecule has 1 aromatic rings. The molecule has 0 bridgehead atoms. The highest BCUT2D eigenvalue weighted by atomic mass is 35.5. The zero-order valence-corrected chi connectivity index (χ0v) is 9.23. The van der Waals surface area contributed by atoms with Crippen molar-refractivity contribution in [1.29, 1.82) is 0 Å². The van der Waals surface area contributed by atoms with Crippen molar-refractivity contribution in [3.63, 3.8) is 0 Å². The molecule has 0 saturated carbocycles. The van der Waals surface area contributed by atoms with Gasteiger partial charge in [0.15, 0.2) is 0 Å². The van der Waals surface area contributed by atoms with E-state index in [2.05, 4.69) is 0 Å². The van der Waals surface area contributed by atoms with Crippen molar-refractivity contribution in [2.24, 2.45) is 5.73 Å². The van der Waals surface area contributed by atoms with Crippen LogP contribution >= 0.6 is 12.4 Å². The SMILES string of the molecule is CC(C(N)=O)c1ccccc1C(F)(F)F.Cl. The second-order valence-corrected chi connectivity index (χ2v) is 3.21. The van der Waals surface area contributed by atoms with E-state index in [0.29, 0.717) is 0 Å². The minimum atomic E-state index is -4.46. The summed E-state index contributed by atoms with van der Waals surface area (Å²) in [4.78, 5) is 10.8. The summed E-state index contributed by atoms with van der Waals surface area (Å²) in [5.41, 5.74) is 4.08. The standard InChI is InChI=1S/C10H10F3NO.ClH/c1-6(9(14)15)7-4-2-3-5-8(7)10(11,12)13;/h2-6H,1H3,(H2,14,15);1H. The van der Waals surface area contributed by atoms with Gasteiger partial charge >= 0.3 is 6.18 Å². The minimum Gasteiger partial charge on any atom is -0.369 e. The Morgan fingerprint density at radius 3 is 2.25 bits per heavy atom. The lowest BCUT2D eigenvalue weighted by atomic mass is 9.95. The Balaban J connectivity index is 0.00000225. The number of amides is 1. The van der Waals surface area contributed by atoms with Crippen LogP contribution in [0.2, 0.25) is 0 Å². The summed E-state index contributed by atoms with van der Waals surface area (Å²) in [6.45, 7) is 1.35. The summed E-state index contributed by atoms with van der Waals surface area (Å²) in [7, 11) is 0. The van der Waals surface area contributed by atoms with Gasteiger partial charge in [0.25, 0.3) is 0 Å². The van der Waals surface area contributed by atoms with E-state index in [0.717, 1.165) is 6.07 Å². The van der Waals surface area contributed by atoms with E-state index in [1.807, 2.05) is 0 Å². The molecule has 0 aliphatic rings. The summed E-state index contributed by atoms with van der Waals surface area (Å²) in [6.07, 6.45) is -4.46. The van der Waals surface area contributed by atoms with E-state index in [4.69, 9.17) is 5.73 Å². The van der Waals surface area contributed by atoms with Gasteiger partial charge in [0, 0.05) is 0 Å². The molecule has 1 aromatic carbocycles. The highest BCUT2D eigenvalue weighted by molar-refractivity contribution is 5.85. The van der Waals surface area contributed by atoms with Crippen LogP contribution < -0.4 is 5.73 Å². The Morgan fingerprint density at radius 2 is 1.81 bits per heavy atom. The molecule has 6 heteroatoms. The summed E-state index contributed by atoms with van der Waals surface area (Å²) in [5, 5.41) is 0. The van der Waals surface area contributed by atoms with E-state index < -0.39 is 23.6 Å².